The third-order valence-electron chi connectivity index (χ3n) is 8.22. The van der Waals surface area contributed by atoms with Crippen LogP contribution in [0, 0.1) is 17.8 Å². The van der Waals surface area contributed by atoms with Crippen LogP contribution in [0.2, 0.25) is 0 Å². The van der Waals surface area contributed by atoms with Crippen LogP contribution in [-0.4, -0.2) is 49.9 Å². The summed E-state index contributed by atoms with van der Waals surface area (Å²) in [5.74, 6) is 2.10. The van der Waals surface area contributed by atoms with Gasteiger partial charge in [0.1, 0.15) is 5.82 Å². The number of morpholine rings is 1. The number of aromatic nitrogens is 1. The van der Waals surface area contributed by atoms with Gasteiger partial charge < -0.3 is 24.6 Å². The van der Waals surface area contributed by atoms with Crippen LogP contribution in [0.25, 0.3) is 0 Å². The van der Waals surface area contributed by atoms with Crippen LogP contribution < -0.4 is 15.1 Å². The highest BCUT2D eigenvalue weighted by molar-refractivity contribution is 6.00. The lowest BCUT2D eigenvalue weighted by Gasteiger charge is -2.32. The summed E-state index contributed by atoms with van der Waals surface area (Å²) < 4.78 is 11.6. The minimum atomic E-state index is 0.0635. The number of anilines is 4. The first-order chi connectivity index (χ1) is 16.7. The minimum Gasteiger partial charge on any atom is -0.378 e. The highest BCUT2D eigenvalue weighted by Crippen LogP contribution is 2.50. The number of hydrogen-bond donors (Lipinski definition) is 1. The van der Waals surface area contributed by atoms with Crippen LogP contribution in [-0.2, 0) is 20.8 Å². The molecule has 1 unspecified atom stereocenters. The van der Waals surface area contributed by atoms with E-state index in [2.05, 4.69) is 46.4 Å². The largest absolute Gasteiger partial charge is 0.378 e. The summed E-state index contributed by atoms with van der Waals surface area (Å²) >= 11 is 0. The third kappa shape index (κ3) is 3.85. The maximum atomic E-state index is 14.2. The Kier molecular flexibility index (Phi) is 5.91. The summed E-state index contributed by atoms with van der Waals surface area (Å²) in [6, 6.07) is 10.4. The molecule has 1 N–H and O–H groups in total. The Bertz CT molecular complexity index is 1050. The number of fused-ring (bicyclic) bond motifs is 3. The molecule has 1 aromatic carbocycles. The molecule has 7 heteroatoms. The zero-order valence-electron chi connectivity index (χ0n) is 19.9. The molecule has 3 fully saturated rings. The molecule has 4 aliphatic rings. The molecular weight excluding hydrogens is 428 g/mol. The van der Waals surface area contributed by atoms with E-state index in [0.717, 1.165) is 87.0 Å². The molecular formula is C27H34N4O3. The number of nitrogens with zero attached hydrogens (tertiary/aromatic N) is 3. The van der Waals surface area contributed by atoms with E-state index in [1.54, 1.807) is 6.20 Å². The molecule has 0 radical (unpaired) electrons. The summed E-state index contributed by atoms with van der Waals surface area (Å²) in [7, 11) is 0. The molecule has 2 aliphatic heterocycles. The zero-order chi connectivity index (χ0) is 23.1. The summed E-state index contributed by atoms with van der Waals surface area (Å²) in [4.78, 5) is 23.2. The molecule has 2 aromatic rings. The Morgan fingerprint density at radius 2 is 2.00 bits per heavy atom. The second-order valence-corrected chi connectivity index (χ2v) is 9.94. The van der Waals surface area contributed by atoms with Gasteiger partial charge in [-0.1, -0.05) is 6.07 Å². The Morgan fingerprint density at radius 1 is 1.15 bits per heavy atom. The molecule has 1 amide bonds. The number of rotatable bonds is 4. The van der Waals surface area contributed by atoms with Gasteiger partial charge in [-0.25, -0.2) is 4.98 Å². The third-order valence-corrected chi connectivity index (χ3v) is 8.22. The molecule has 2 saturated carbocycles. The number of carbonyl (C=O) groups is 1. The smallest absolute Gasteiger partial charge is 0.230 e. The van der Waals surface area contributed by atoms with Gasteiger partial charge in [0, 0.05) is 43.1 Å². The van der Waals surface area contributed by atoms with Gasteiger partial charge in [-0.05, 0) is 68.7 Å². The fourth-order valence-corrected chi connectivity index (χ4v) is 6.60. The van der Waals surface area contributed by atoms with Crippen molar-refractivity contribution in [3.63, 3.8) is 0 Å². The lowest BCUT2D eigenvalue weighted by Crippen LogP contribution is -2.38. The van der Waals surface area contributed by atoms with E-state index in [-0.39, 0.29) is 11.8 Å². The summed E-state index contributed by atoms with van der Waals surface area (Å²) in [5, 5.41) is 3.51. The van der Waals surface area contributed by atoms with E-state index in [1.807, 2.05) is 11.0 Å². The van der Waals surface area contributed by atoms with Crippen LogP contribution in [0.4, 0.5) is 22.9 Å². The predicted molar refractivity (Wildman–Crippen MR) is 133 cm³/mol. The number of pyridine rings is 1. The molecule has 1 saturated heterocycles. The van der Waals surface area contributed by atoms with Gasteiger partial charge in [-0.15, -0.1) is 0 Å². The first kappa shape index (κ1) is 21.9. The SMILES string of the molecule is CCO[C@H]1CCC2[C@H](C(=O)N3Cc4cccnc4Nc4ccc(N5CCOCC5)cc43)CC[C@@H]21. The van der Waals surface area contributed by atoms with Crippen molar-refractivity contribution in [3.05, 3.63) is 42.1 Å². The van der Waals surface area contributed by atoms with Crippen LogP contribution in [0.5, 0.6) is 0 Å². The van der Waals surface area contributed by atoms with Crippen LogP contribution in [0.1, 0.15) is 38.2 Å². The van der Waals surface area contributed by atoms with Crippen molar-refractivity contribution in [2.24, 2.45) is 17.8 Å². The number of ether oxygens (including phenoxy) is 2. The maximum Gasteiger partial charge on any atom is 0.230 e. The monoisotopic (exact) mass is 462 g/mol. The van der Waals surface area contributed by atoms with E-state index in [4.69, 9.17) is 9.47 Å². The molecule has 0 spiro atoms. The maximum absolute atomic E-state index is 14.2. The Balaban J connectivity index is 1.34. The fourth-order valence-electron chi connectivity index (χ4n) is 6.60. The van der Waals surface area contributed by atoms with E-state index >= 15 is 0 Å². The summed E-state index contributed by atoms with van der Waals surface area (Å²) in [6.07, 6.45) is 6.36. The Labute approximate surface area is 201 Å². The topological polar surface area (TPSA) is 66.9 Å². The van der Waals surface area contributed by atoms with Crippen molar-refractivity contribution in [1.29, 1.82) is 0 Å². The number of amides is 1. The molecule has 7 nitrogen and oxygen atoms in total. The van der Waals surface area contributed by atoms with Crippen LogP contribution in [0.3, 0.4) is 0 Å². The van der Waals surface area contributed by atoms with Gasteiger partial charge in [0.15, 0.2) is 0 Å². The second-order valence-electron chi connectivity index (χ2n) is 9.94. The van der Waals surface area contributed by atoms with Crippen LogP contribution in [0.15, 0.2) is 36.5 Å². The average molecular weight is 463 g/mol. The molecule has 4 atom stereocenters. The van der Waals surface area contributed by atoms with E-state index in [1.165, 1.54) is 0 Å². The molecule has 6 rings (SSSR count). The first-order valence-corrected chi connectivity index (χ1v) is 12.8. The van der Waals surface area contributed by atoms with E-state index < -0.39 is 0 Å². The van der Waals surface area contributed by atoms with Crippen molar-refractivity contribution < 1.29 is 14.3 Å². The number of benzene rings is 1. The highest BCUT2D eigenvalue weighted by Gasteiger charge is 2.49. The van der Waals surface area contributed by atoms with Gasteiger partial charge in [0.25, 0.3) is 0 Å². The lowest BCUT2D eigenvalue weighted by molar-refractivity contribution is -0.123. The van der Waals surface area contributed by atoms with Gasteiger partial charge in [0.2, 0.25) is 5.91 Å². The Hall–Kier alpha value is -2.64. The van der Waals surface area contributed by atoms with Crippen molar-refractivity contribution in [3.8, 4) is 0 Å². The Morgan fingerprint density at radius 3 is 2.85 bits per heavy atom. The summed E-state index contributed by atoms with van der Waals surface area (Å²) in [5.41, 5.74) is 4.08. The number of carbonyl (C=O) groups excluding carboxylic acids is 1. The molecule has 0 bridgehead atoms. The van der Waals surface area contributed by atoms with Gasteiger partial charge in [0.05, 0.1) is 37.2 Å². The van der Waals surface area contributed by atoms with Gasteiger partial charge in [-0.3, -0.25) is 4.79 Å². The van der Waals surface area contributed by atoms with Gasteiger partial charge in [-0.2, -0.15) is 0 Å². The highest BCUT2D eigenvalue weighted by atomic mass is 16.5. The lowest BCUT2D eigenvalue weighted by atomic mass is 9.90. The zero-order valence-corrected chi connectivity index (χ0v) is 19.9. The average Bonchev–Trinajstić information content (AvgIpc) is 3.42. The number of nitrogens with one attached hydrogen (secondary N) is 1. The number of hydrogen-bond acceptors (Lipinski definition) is 6. The first-order valence-electron chi connectivity index (χ1n) is 12.8. The fraction of sp³-hybridized carbons (Fsp3) is 0.556. The van der Waals surface area contributed by atoms with Crippen molar-refractivity contribution in [2.45, 2.75) is 45.3 Å². The standard InChI is InChI=1S/C27H34N4O3/c1-2-34-25-10-8-20-21(25)6-7-22(20)27(32)31-17-18-4-3-11-28-26(18)29-23-9-5-19(16-24(23)31)30-12-14-33-15-13-30/h3-5,9,11,16,20-22,25H,2,6-8,10,12-15,17H2,1H3,(H,28,29)/t20?,21-,22+,25-/m0/s1. The second kappa shape index (κ2) is 9.19. The molecule has 34 heavy (non-hydrogen) atoms. The molecule has 3 heterocycles. The molecule has 2 aliphatic carbocycles. The van der Waals surface area contributed by atoms with E-state index in [0.29, 0.717) is 24.5 Å². The molecule has 180 valence electrons. The predicted octanol–water partition coefficient (Wildman–Crippen LogP) is 4.35. The van der Waals surface area contributed by atoms with Gasteiger partial charge >= 0.3 is 0 Å². The van der Waals surface area contributed by atoms with Crippen molar-refractivity contribution >= 4 is 28.8 Å². The summed E-state index contributed by atoms with van der Waals surface area (Å²) in [6.45, 7) is 6.58. The minimum absolute atomic E-state index is 0.0635. The molecule has 1 aromatic heterocycles. The van der Waals surface area contributed by atoms with E-state index in [9.17, 15) is 4.79 Å². The van der Waals surface area contributed by atoms with Crippen molar-refractivity contribution in [2.75, 3.05) is 48.0 Å². The quantitative estimate of drug-likeness (QED) is 0.729. The van der Waals surface area contributed by atoms with Crippen molar-refractivity contribution in [1.82, 2.24) is 4.98 Å². The normalized spacial score (nSPS) is 28.0. The van der Waals surface area contributed by atoms with Crippen LogP contribution >= 0.6 is 0 Å².